The van der Waals surface area contributed by atoms with Crippen LogP contribution in [0.1, 0.15) is 107 Å². The number of rotatable bonds is 4. The van der Waals surface area contributed by atoms with Crippen LogP contribution in [0.2, 0.25) is 0 Å². The van der Waals surface area contributed by atoms with E-state index in [1.807, 2.05) is 6.20 Å². The zero-order chi connectivity index (χ0) is 18.4. The lowest BCUT2D eigenvalue weighted by atomic mass is 9.87. The van der Waals surface area contributed by atoms with Gasteiger partial charge < -0.3 is 0 Å². The maximum atomic E-state index is 4.04. The van der Waals surface area contributed by atoms with Gasteiger partial charge in [0, 0.05) is 5.69 Å². The van der Waals surface area contributed by atoms with Gasteiger partial charge in [-0.1, -0.05) is 73.6 Å². The zero-order valence-electron chi connectivity index (χ0n) is 17.1. The van der Waals surface area contributed by atoms with Crippen molar-refractivity contribution in [2.75, 3.05) is 0 Å². The number of hydrogen-bond donors (Lipinski definition) is 1. The molecule has 1 aromatic carbocycles. The van der Waals surface area contributed by atoms with E-state index in [0.29, 0.717) is 23.7 Å². The molecular weight excluding hydrogens is 292 g/mol. The van der Waals surface area contributed by atoms with E-state index in [1.165, 1.54) is 27.9 Å². The Balaban J connectivity index is 0.000000243. The van der Waals surface area contributed by atoms with Crippen molar-refractivity contribution in [1.82, 2.24) is 10.2 Å². The zero-order valence-corrected chi connectivity index (χ0v) is 17.1. The van der Waals surface area contributed by atoms with Gasteiger partial charge in [-0.05, 0) is 52.8 Å². The molecule has 24 heavy (non-hydrogen) atoms. The second-order valence-electron chi connectivity index (χ2n) is 7.94. The van der Waals surface area contributed by atoms with Crippen LogP contribution in [0, 0.1) is 6.92 Å². The lowest BCUT2D eigenvalue weighted by Gasteiger charge is -2.18. The number of aromatic amines is 1. The highest BCUT2D eigenvalue weighted by molar-refractivity contribution is 5.38. The van der Waals surface area contributed by atoms with Crippen molar-refractivity contribution in [3.8, 4) is 0 Å². The van der Waals surface area contributed by atoms with Gasteiger partial charge in [0.15, 0.2) is 0 Å². The second kappa shape index (κ2) is 9.05. The van der Waals surface area contributed by atoms with Crippen molar-refractivity contribution in [1.29, 1.82) is 0 Å². The minimum Gasteiger partial charge on any atom is -0.282 e. The second-order valence-corrected chi connectivity index (χ2v) is 7.94. The van der Waals surface area contributed by atoms with Gasteiger partial charge >= 0.3 is 0 Å². The van der Waals surface area contributed by atoms with Gasteiger partial charge in [-0.3, -0.25) is 5.10 Å². The molecular formula is C22H36N2. The predicted octanol–water partition coefficient (Wildman–Crippen LogP) is 6.90. The Morgan fingerprint density at radius 3 is 1.71 bits per heavy atom. The SMILES string of the molecule is CC(C)c1cn[nH]c1C(C)C.Cc1cccc(C(C)C)c1C(C)C. The molecule has 2 rings (SSSR count). The molecule has 0 aliphatic heterocycles. The van der Waals surface area contributed by atoms with Gasteiger partial charge in [0.2, 0.25) is 0 Å². The molecule has 1 heterocycles. The number of nitrogens with one attached hydrogen (secondary N) is 1. The maximum absolute atomic E-state index is 4.04. The summed E-state index contributed by atoms with van der Waals surface area (Å²) >= 11 is 0. The lowest BCUT2D eigenvalue weighted by Crippen LogP contribution is -2.00. The largest absolute Gasteiger partial charge is 0.282 e. The number of benzene rings is 1. The summed E-state index contributed by atoms with van der Waals surface area (Å²) in [5, 5.41) is 7.08. The van der Waals surface area contributed by atoms with Crippen molar-refractivity contribution in [3.05, 3.63) is 52.3 Å². The molecule has 134 valence electrons. The summed E-state index contributed by atoms with van der Waals surface area (Å²) in [7, 11) is 0. The molecule has 2 nitrogen and oxygen atoms in total. The molecule has 1 N–H and O–H groups in total. The van der Waals surface area contributed by atoms with Crippen LogP contribution < -0.4 is 0 Å². The summed E-state index contributed by atoms with van der Waals surface area (Å²) in [6.07, 6.45) is 1.93. The van der Waals surface area contributed by atoms with Crippen LogP contribution in [-0.2, 0) is 0 Å². The summed E-state index contributed by atoms with van der Waals surface area (Å²) in [5.41, 5.74) is 7.11. The van der Waals surface area contributed by atoms with E-state index in [0.717, 1.165) is 0 Å². The Kier molecular flexibility index (Phi) is 7.72. The summed E-state index contributed by atoms with van der Waals surface area (Å²) < 4.78 is 0. The van der Waals surface area contributed by atoms with Crippen molar-refractivity contribution in [3.63, 3.8) is 0 Å². The topological polar surface area (TPSA) is 28.7 Å². The Labute approximate surface area is 149 Å². The van der Waals surface area contributed by atoms with Crippen LogP contribution in [0.3, 0.4) is 0 Å². The van der Waals surface area contributed by atoms with E-state index in [4.69, 9.17) is 0 Å². The van der Waals surface area contributed by atoms with Crippen LogP contribution in [0.5, 0.6) is 0 Å². The van der Waals surface area contributed by atoms with Crippen LogP contribution >= 0.6 is 0 Å². The number of H-pyrrole nitrogens is 1. The number of nitrogens with zero attached hydrogens (tertiary/aromatic N) is 1. The highest BCUT2D eigenvalue weighted by atomic mass is 15.1. The van der Waals surface area contributed by atoms with E-state index in [9.17, 15) is 0 Å². The highest BCUT2D eigenvalue weighted by Gasteiger charge is 2.11. The Morgan fingerprint density at radius 1 is 0.750 bits per heavy atom. The maximum Gasteiger partial charge on any atom is 0.0524 e. The van der Waals surface area contributed by atoms with Crippen molar-refractivity contribution in [2.45, 2.75) is 86.0 Å². The first kappa shape index (κ1) is 20.5. The first-order valence-electron chi connectivity index (χ1n) is 9.29. The number of aryl methyl sites for hydroxylation is 1. The summed E-state index contributed by atoms with van der Waals surface area (Å²) in [6, 6.07) is 6.63. The van der Waals surface area contributed by atoms with Gasteiger partial charge in [-0.2, -0.15) is 5.10 Å². The first-order chi connectivity index (χ1) is 11.2. The molecule has 0 radical (unpaired) electrons. The molecule has 1 aromatic heterocycles. The molecule has 0 atom stereocenters. The van der Waals surface area contributed by atoms with Gasteiger partial charge in [0.1, 0.15) is 0 Å². The van der Waals surface area contributed by atoms with E-state index in [1.54, 1.807) is 0 Å². The van der Waals surface area contributed by atoms with Crippen LogP contribution in [-0.4, -0.2) is 10.2 Å². The molecule has 0 saturated heterocycles. The average molecular weight is 329 g/mol. The predicted molar refractivity (Wildman–Crippen MR) is 106 cm³/mol. The fourth-order valence-electron chi connectivity index (χ4n) is 3.22. The molecule has 0 bridgehead atoms. The van der Waals surface area contributed by atoms with Crippen LogP contribution in [0.15, 0.2) is 24.4 Å². The third kappa shape index (κ3) is 5.22. The lowest BCUT2D eigenvalue weighted by molar-refractivity contribution is 0.767. The fourth-order valence-corrected chi connectivity index (χ4v) is 3.22. The first-order valence-corrected chi connectivity index (χ1v) is 9.29. The van der Waals surface area contributed by atoms with E-state index < -0.39 is 0 Å². The Morgan fingerprint density at radius 2 is 1.33 bits per heavy atom. The Hall–Kier alpha value is -1.57. The van der Waals surface area contributed by atoms with E-state index in [-0.39, 0.29) is 0 Å². The summed E-state index contributed by atoms with van der Waals surface area (Å²) in [5.74, 6) is 2.40. The minimum atomic E-state index is 0.551. The van der Waals surface area contributed by atoms with Crippen molar-refractivity contribution in [2.24, 2.45) is 0 Å². The molecule has 0 fully saturated rings. The fraction of sp³-hybridized carbons (Fsp3) is 0.591. The molecule has 2 aromatic rings. The molecule has 0 aliphatic rings. The normalized spacial score (nSPS) is 11.4. The standard InChI is InChI=1S/C13H20.C9H16N2/c1-9(2)12-8-6-7-11(5)13(12)10(3)4;1-6(2)8-5-10-11-9(8)7(3)4/h6-10H,1-5H3;5-7H,1-4H3,(H,10,11). The molecule has 0 unspecified atom stereocenters. The van der Waals surface area contributed by atoms with Gasteiger partial charge in [-0.25, -0.2) is 0 Å². The van der Waals surface area contributed by atoms with Crippen LogP contribution in [0.4, 0.5) is 0 Å². The summed E-state index contributed by atoms with van der Waals surface area (Å²) in [6.45, 7) is 20.0. The van der Waals surface area contributed by atoms with Gasteiger partial charge in [-0.15, -0.1) is 0 Å². The van der Waals surface area contributed by atoms with Gasteiger partial charge in [0.05, 0.1) is 6.20 Å². The van der Waals surface area contributed by atoms with Gasteiger partial charge in [0.25, 0.3) is 0 Å². The molecule has 0 aliphatic carbocycles. The smallest absolute Gasteiger partial charge is 0.0524 e. The van der Waals surface area contributed by atoms with E-state index >= 15 is 0 Å². The number of hydrogen-bond acceptors (Lipinski definition) is 1. The molecule has 0 spiro atoms. The monoisotopic (exact) mass is 328 g/mol. The van der Waals surface area contributed by atoms with Crippen molar-refractivity contribution >= 4 is 0 Å². The third-order valence-electron chi connectivity index (χ3n) is 4.46. The molecule has 0 saturated carbocycles. The average Bonchev–Trinajstić information content (AvgIpc) is 2.97. The third-order valence-corrected chi connectivity index (χ3v) is 4.46. The summed E-state index contributed by atoms with van der Waals surface area (Å²) in [4.78, 5) is 0. The van der Waals surface area contributed by atoms with Crippen molar-refractivity contribution < 1.29 is 0 Å². The quantitative estimate of drug-likeness (QED) is 0.649. The van der Waals surface area contributed by atoms with E-state index in [2.05, 4.69) is 90.7 Å². The number of aromatic nitrogens is 2. The van der Waals surface area contributed by atoms with Crippen LogP contribution in [0.25, 0.3) is 0 Å². The minimum absolute atomic E-state index is 0.551. The molecule has 0 amide bonds. The molecule has 2 heteroatoms. The Bertz CT molecular complexity index is 596. The highest BCUT2D eigenvalue weighted by Crippen LogP contribution is 2.28.